The molecule has 0 atom stereocenters. The minimum absolute atomic E-state index is 0.485. The Morgan fingerprint density at radius 3 is 2.11 bits per heavy atom. The lowest BCUT2D eigenvalue weighted by atomic mass is 9.86. The Balaban J connectivity index is 1.60. The number of nitrogens with two attached hydrogens (primary N) is 1. The van der Waals surface area contributed by atoms with Gasteiger partial charge >= 0.3 is 0 Å². The summed E-state index contributed by atoms with van der Waals surface area (Å²) in [6.45, 7) is 8.74. The molecule has 2 fully saturated rings. The molecule has 4 nitrogen and oxygen atoms in total. The zero-order valence-corrected chi connectivity index (χ0v) is 12.9. The second kappa shape index (κ2) is 7.58. The molecule has 19 heavy (non-hydrogen) atoms. The number of piperazine rings is 1. The fourth-order valence-corrected chi connectivity index (χ4v) is 3.27. The van der Waals surface area contributed by atoms with E-state index in [0.29, 0.717) is 6.04 Å². The van der Waals surface area contributed by atoms with E-state index in [2.05, 4.69) is 28.8 Å². The smallest absolute Gasteiger partial charge is 0.0110 e. The van der Waals surface area contributed by atoms with Gasteiger partial charge in [-0.3, -0.25) is 4.90 Å². The van der Waals surface area contributed by atoms with Gasteiger partial charge in [-0.2, -0.15) is 0 Å². The highest BCUT2D eigenvalue weighted by molar-refractivity contribution is 4.79. The Labute approximate surface area is 118 Å². The van der Waals surface area contributed by atoms with E-state index in [4.69, 9.17) is 5.73 Å². The van der Waals surface area contributed by atoms with Crippen LogP contribution < -0.4 is 5.73 Å². The van der Waals surface area contributed by atoms with Gasteiger partial charge in [-0.15, -0.1) is 0 Å². The topological polar surface area (TPSA) is 35.7 Å². The summed E-state index contributed by atoms with van der Waals surface area (Å²) in [5, 5.41) is 0. The average Bonchev–Trinajstić information content (AvgIpc) is 2.40. The molecule has 2 aliphatic rings. The molecule has 1 aliphatic carbocycles. The third kappa shape index (κ3) is 5.38. The predicted octanol–water partition coefficient (Wildman–Crippen LogP) is 0.683. The summed E-state index contributed by atoms with van der Waals surface area (Å²) >= 11 is 0. The Morgan fingerprint density at radius 1 is 0.947 bits per heavy atom. The summed E-state index contributed by atoms with van der Waals surface area (Å²) in [5.74, 6) is 0.910. The Bertz CT molecular complexity index is 241. The maximum atomic E-state index is 5.98. The molecule has 0 bridgehead atoms. The zero-order valence-electron chi connectivity index (χ0n) is 12.9. The van der Waals surface area contributed by atoms with Crippen molar-refractivity contribution in [3.8, 4) is 0 Å². The van der Waals surface area contributed by atoms with Gasteiger partial charge in [0.05, 0.1) is 0 Å². The molecule has 1 aliphatic heterocycles. The van der Waals surface area contributed by atoms with Crippen molar-refractivity contribution < 1.29 is 0 Å². The molecule has 0 unspecified atom stereocenters. The highest BCUT2D eigenvalue weighted by Crippen LogP contribution is 2.24. The van der Waals surface area contributed by atoms with Crippen LogP contribution in [0.2, 0.25) is 0 Å². The van der Waals surface area contributed by atoms with Crippen LogP contribution in [0.3, 0.4) is 0 Å². The van der Waals surface area contributed by atoms with Gasteiger partial charge in [0.15, 0.2) is 0 Å². The van der Waals surface area contributed by atoms with Crippen molar-refractivity contribution in [2.45, 2.75) is 31.7 Å². The molecule has 0 amide bonds. The molecular weight excluding hydrogens is 236 g/mol. The minimum Gasteiger partial charge on any atom is -0.328 e. The summed E-state index contributed by atoms with van der Waals surface area (Å²) in [7, 11) is 4.31. The van der Waals surface area contributed by atoms with Crippen LogP contribution in [0.1, 0.15) is 25.7 Å². The average molecular weight is 268 g/mol. The molecule has 2 N–H and O–H groups in total. The van der Waals surface area contributed by atoms with Gasteiger partial charge in [-0.25, -0.2) is 0 Å². The van der Waals surface area contributed by atoms with Crippen LogP contribution >= 0.6 is 0 Å². The Morgan fingerprint density at radius 2 is 1.53 bits per heavy atom. The van der Waals surface area contributed by atoms with Crippen LogP contribution in [0.25, 0.3) is 0 Å². The normalized spacial score (nSPS) is 30.9. The Kier molecular flexibility index (Phi) is 6.07. The number of nitrogens with zero attached hydrogens (tertiary/aromatic N) is 3. The van der Waals surface area contributed by atoms with Crippen molar-refractivity contribution in [1.29, 1.82) is 0 Å². The third-order valence-electron chi connectivity index (χ3n) is 4.74. The first-order valence-corrected chi connectivity index (χ1v) is 7.98. The standard InChI is InChI=1S/C15H32N4/c1-17(2)7-8-18-9-11-19(12-10-18)13-14-3-5-15(16)6-4-14/h14-15H,3-13,16H2,1-2H3. The van der Waals surface area contributed by atoms with Gasteiger partial charge in [0.2, 0.25) is 0 Å². The molecule has 1 saturated carbocycles. The lowest BCUT2D eigenvalue weighted by molar-refractivity contribution is 0.103. The second-order valence-corrected chi connectivity index (χ2v) is 6.73. The van der Waals surface area contributed by atoms with E-state index in [1.165, 1.54) is 71.5 Å². The van der Waals surface area contributed by atoms with Gasteiger partial charge in [-0.1, -0.05) is 0 Å². The van der Waals surface area contributed by atoms with Crippen molar-refractivity contribution in [2.75, 3.05) is 59.9 Å². The molecule has 0 spiro atoms. The highest BCUT2D eigenvalue weighted by atomic mass is 15.3. The quantitative estimate of drug-likeness (QED) is 0.795. The van der Waals surface area contributed by atoms with Crippen molar-refractivity contribution in [3.63, 3.8) is 0 Å². The van der Waals surface area contributed by atoms with Gasteiger partial charge in [0, 0.05) is 51.9 Å². The third-order valence-corrected chi connectivity index (χ3v) is 4.74. The van der Waals surface area contributed by atoms with Crippen LogP contribution in [0.4, 0.5) is 0 Å². The van der Waals surface area contributed by atoms with E-state index in [9.17, 15) is 0 Å². The van der Waals surface area contributed by atoms with Gasteiger partial charge in [0.25, 0.3) is 0 Å². The number of likely N-dealkylation sites (N-methyl/N-ethyl adjacent to an activating group) is 1. The largest absolute Gasteiger partial charge is 0.328 e. The molecule has 1 heterocycles. The summed E-state index contributed by atoms with van der Waals surface area (Å²) in [5.41, 5.74) is 5.98. The highest BCUT2D eigenvalue weighted by Gasteiger charge is 2.23. The second-order valence-electron chi connectivity index (χ2n) is 6.73. The molecular formula is C15H32N4. The van der Waals surface area contributed by atoms with Crippen molar-refractivity contribution in [1.82, 2.24) is 14.7 Å². The number of hydrogen-bond acceptors (Lipinski definition) is 4. The Hall–Kier alpha value is -0.160. The molecule has 0 aromatic heterocycles. The first-order chi connectivity index (χ1) is 9.13. The first-order valence-electron chi connectivity index (χ1n) is 7.98. The molecule has 0 aromatic carbocycles. The molecule has 1 saturated heterocycles. The molecule has 2 rings (SSSR count). The fourth-order valence-electron chi connectivity index (χ4n) is 3.27. The summed E-state index contributed by atoms with van der Waals surface area (Å²) < 4.78 is 0. The van der Waals surface area contributed by atoms with Gasteiger partial charge in [0.1, 0.15) is 0 Å². The summed E-state index contributed by atoms with van der Waals surface area (Å²) in [4.78, 5) is 7.55. The van der Waals surface area contributed by atoms with E-state index in [1.54, 1.807) is 0 Å². The van der Waals surface area contributed by atoms with Gasteiger partial charge < -0.3 is 15.5 Å². The van der Waals surface area contributed by atoms with E-state index < -0.39 is 0 Å². The maximum Gasteiger partial charge on any atom is 0.0110 e. The zero-order chi connectivity index (χ0) is 13.7. The van der Waals surface area contributed by atoms with Crippen LogP contribution in [0, 0.1) is 5.92 Å². The molecule has 112 valence electrons. The molecule has 0 aromatic rings. The molecule has 4 heteroatoms. The van der Waals surface area contributed by atoms with E-state index in [-0.39, 0.29) is 0 Å². The molecule has 0 radical (unpaired) electrons. The van der Waals surface area contributed by atoms with Crippen molar-refractivity contribution >= 4 is 0 Å². The van der Waals surface area contributed by atoms with Crippen molar-refractivity contribution in [2.24, 2.45) is 11.7 Å². The van der Waals surface area contributed by atoms with E-state index in [1.807, 2.05) is 0 Å². The lowest BCUT2D eigenvalue weighted by Crippen LogP contribution is -2.49. The number of hydrogen-bond donors (Lipinski definition) is 1. The van der Waals surface area contributed by atoms with Crippen LogP contribution in [-0.2, 0) is 0 Å². The van der Waals surface area contributed by atoms with E-state index in [0.717, 1.165) is 5.92 Å². The first kappa shape index (κ1) is 15.2. The monoisotopic (exact) mass is 268 g/mol. The fraction of sp³-hybridized carbons (Fsp3) is 1.00. The lowest BCUT2D eigenvalue weighted by Gasteiger charge is -2.38. The summed E-state index contributed by atoms with van der Waals surface area (Å²) in [6.07, 6.45) is 5.19. The van der Waals surface area contributed by atoms with Crippen LogP contribution in [0.15, 0.2) is 0 Å². The minimum atomic E-state index is 0.485. The predicted molar refractivity (Wildman–Crippen MR) is 81.4 cm³/mol. The summed E-state index contributed by atoms with van der Waals surface area (Å²) in [6, 6.07) is 0.485. The SMILES string of the molecule is CN(C)CCN1CCN(CC2CCC(N)CC2)CC1. The maximum absolute atomic E-state index is 5.98. The van der Waals surface area contributed by atoms with Gasteiger partial charge in [-0.05, 0) is 45.7 Å². The van der Waals surface area contributed by atoms with Crippen molar-refractivity contribution in [3.05, 3.63) is 0 Å². The van der Waals surface area contributed by atoms with Crippen LogP contribution in [-0.4, -0.2) is 80.7 Å². The number of rotatable bonds is 5. The van der Waals surface area contributed by atoms with Crippen LogP contribution in [0.5, 0.6) is 0 Å². The van der Waals surface area contributed by atoms with E-state index >= 15 is 0 Å².